The number of hydrogen-bond donors (Lipinski definition) is 0. The predicted molar refractivity (Wildman–Crippen MR) is 71.4 cm³/mol. The van der Waals surface area contributed by atoms with Crippen molar-refractivity contribution in [3.63, 3.8) is 0 Å². The van der Waals surface area contributed by atoms with Gasteiger partial charge in [0.2, 0.25) is 0 Å². The Morgan fingerprint density at radius 2 is 1.78 bits per heavy atom. The first kappa shape index (κ1) is 12.2. The maximum atomic E-state index is 6.35. The highest BCUT2D eigenvalue weighted by Gasteiger charge is 2.46. The van der Waals surface area contributed by atoms with Crippen LogP contribution in [0.2, 0.25) is 0 Å². The van der Waals surface area contributed by atoms with E-state index in [1.54, 1.807) is 0 Å². The van der Waals surface area contributed by atoms with Gasteiger partial charge in [0.1, 0.15) is 6.10 Å². The van der Waals surface area contributed by atoms with Gasteiger partial charge in [-0.05, 0) is 37.8 Å². The van der Waals surface area contributed by atoms with Gasteiger partial charge in [0.05, 0.1) is 6.10 Å². The fourth-order valence-electron chi connectivity index (χ4n) is 3.30. The third kappa shape index (κ3) is 2.08. The lowest BCUT2D eigenvalue weighted by molar-refractivity contribution is -0.193. The maximum absolute atomic E-state index is 6.35. The van der Waals surface area contributed by atoms with Crippen molar-refractivity contribution in [2.45, 2.75) is 63.9 Å². The van der Waals surface area contributed by atoms with E-state index in [9.17, 15) is 0 Å². The normalized spacial score (nSPS) is 30.8. The molecule has 1 saturated carbocycles. The minimum absolute atomic E-state index is 0.101. The molecule has 1 heterocycles. The number of aryl methyl sites for hydroxylation is 1. The van der Waals surface area contributed by atoms with E-state index in [1.807, 2.05) is 0 Å². The molecule has 2 nitrogen and oxygen atoms in total. The average molecular weight is 246 g/mol. The smallest absolute Gasteiger partial charge is 0.169 e. The van der Waals surface area contributed by atoms with Crippen LogP contribution >= 0.6 is 0 Å². The van der Waals surface area contributed by atoms with Gasteiger partial charge in [0.15, 0.2) is 5.79 Å². The molecule has 0 N–H and O–H groups in total. The summed E-state index contributed by atoms with van der Waals surface area (Å²) in [6.07, 6.45) is 6.14. The standard InChI is InChI=1S/C16H22O2/c1-12-8-4-5-9-14(12)15-13(2)17-16(18-15)10-6-3-7-11-16/h4-5,8-9,13,15H,3,6-7,10-11H2,1-2H3/t13-,15+/m1/s1. The molecule has 1 aromatic rings. The Morgan fingerprint density at radius 3 is 2.50 bits per heavy atom. The molecule has 1 aliphatic heterocycles. The quantitative estimate of drug-likeness (QED) is 0.741. The molecule has 0 aromatic heterocycles. The molecule has 1 aliphatic carbocycles. The van der Waals surface area contributed by atoms with Crippen molar-refractivity contribution in [3.8, 4) is 0 Å². The van der Waals surface area contributed by atoms with Crippen LogP contribution in [-0.4, -0.2) is 11.9 Å². The van der Waals surface area contributed by atoms with Crippen LogP contribution in [0, 0.1) is 6.92 Å². The Kier molecular flexibility index (Phi) is 3.16. The lowest BCUT2D eigenvalue weighted by Crippen LogP contribution is -2.33. The summed E-state index contributed by atoms with van der Waals surface area (Å²) in [5, 5.41) is 0. The Bertz CT molecular complexity index is 421. The lowest BCUT2D eigenvalue weighted by atomic mass is 9.94. The average Bonchev–Trinajstić information content (AvgIpc) is 2.67. The summed E-state index contributed by atoms with van der Waals surface area (Å²) in [6, 6.07) is 8.49. The molecule has 2 heteroatoms. The van der Waals surface area contributed by atoms with Crippen LogP contribution in [0.15, 0.2) is 24.3 Å². The molecule has 2 fully saturated rings. The van der Waals surface area contributed by atoms with Crippen LogP contribution in [0.1, 0.15) is 56.3 Å². The third-order valence-electron chi connectivity index (χ3n) is 4.28. The monoisotopic (exact) mass is 246 g/mol. The summed E-state index contributed by atoms with van der Waals surface area (Å²) < 4.78 is 12.5. The zero-order valence-electron chi connectivity index (χ0n) is 11.3. The van der Waals surface area contributed by atoms with Crippen molar-refractivity contribution in [1.29, 1.82) is 0 Å². The summed E-state index contributed by atoms with van der Waals surface area (Å²) >= 11 is 0. The highest BCUT2D eigenvalue weighted by Crippen LogP contribution is 2.46. The molecule has 0 bridgehead atoms. The largest absolute Gasteiger partial charge is 0.344 e. The van der Waals surface area contributed by atoms with Crippen LogP contribution in [0.25, 0.3) is 0 Å². The number of benzene rings is 1. The second kappa shape index (κ2) is 4.67. The first-order valence-electron chi connectivity index (χ1n) is 7.11. The number of hydrogen-bond acceptors (Lipinski definition) is 2. The van der Waals surface area contributed by atoms with Crippen molar-refractivity contribution in [3.05, 3.63) is 35.4 Å². The minimum atomic E-state index is -0.287. The van der Waals surface area contributed by atoms with Crippen LogP contribution in [0.4, 0.5) is 0 Å². The van der Waals surface area contributed by atoms with E-state index < -0.39 is 0 Å². The summed E-state index contributed by atoms with van der Waals surface area (Å²) in [5.41, 5.74) is 2.58. The van der Waals surface area contributed by atoms with Gasteiger partial charge in [-0.15, -0.1) is 0 Å². The molecule has 98 valence electrons. The van der Waals surface area contributed by atoms with Crippen LogP contribution in [0.5, 0.6) is 0 Å². The van der Waals surface area contributed by atoms with Gasteiger partial charge in [-0.1, -0.05) is 30.7 Å². The van der Waals surface area contributed by atoms with E-state index in [4.69, 9.17) is 9.47 Å². The Morgan fingerprint density at radius 1 is 1.06 bits per heavy atom. The van der Waals surface area contributed by atoms with E-state index in [0.29, 0.717) is 0 Å². The van der Waals surface area contributed by atoms with E-state index in [1.165, 1.54) is 30.4 Å². The zero-order valence-corrected chi connectivity index (χ0v) is 11.3. The van der Waals surface area contributed by atoms with Gasteiger partial charge in [-0.2, -0.15) is 0 Å². The molecule has 2 atom stereocenters. The Hall–Kier alpha value is -0.860. The van der Waals surface area contributed by atoms with Gasteiger partial charge < -0.3 is 9.47 Å². The third-order valence-corrected chi connectivity index (χ3v) is 4.28. The van der Waals surface area contributed by atoms with E-state index in [-0.39, 0.29) is 18.0 Å². The molecule has 3 rings (SSSR count). The summed E-state index contributed by atoms with van der Waals surface area (Å²) in [5.74, 6) is -0.287. The first-order chi connectivity index (χ1) is 8.70. The Balaban J connectivity index is 1.84. The van der Waals surface area contributed by atoms with Gasteiger partial charge in [0, 0.05) is 12.8 Å². The second-order valence-corrected chi connectivity index (χ2v) is 5.69. The number of rotatable bonds is 1. The molecule has 0 amide bonds. The highest BCUT2D eigenvalue weighted by atomic mass is 16.8. The van der Waals surface area contributed by atoms with Gasteiger partial charge in [0.25, 0.3) is 0 Å². The Labute approximate surface area is 109 Å². The molecule has 0 radical (unpaired) electrons. The highest BCUT2D eigenvalue weighted by molar-refractivity contribution is 5.29. The zero-order chi connectivity index (χ0) is 12.6. The maximum Gasteiger partial charge on any atom is 0.169 e. The lowest BCUT2D eigenvalue weighted by Gasteiger charge is -2.32. The van der Waals surface area contributed by atoms with Crippen LogP contribution in [0.3, 0.4) is 0 Å². The van der Waals surface area contributed by atoms with E-state index in [2.05, 4.69) is 38.1 Å². The summed E-state index contributed by atoms with van der Waals surface area (Å²) in [4.78, 5) is 0. The van der Waals surface area contributed by atoms with Gasteiger partial charge >= 0.3 is 0 Å². The summed E-state index contributed by atoms with van der Waals surface area (Å²) in [7, 11) is 0. The molecule has 2 aliphatic rings. The fourth-order valence-corrected chi connectivity index (χ4v) is 3.30. The van der Waals surface area contributed by atoms with Crippen LogP contribution < -0.4 is 0 Å². The van der Waals surface area contributed by atoms with E-state index >= 15 is 0 Å². The SMILES string of the molecule is Cc1ccccc1[C@H]1OC2(CCCCC2)O[C@@H]1C. The predicted octanol–water partition coefficient (Wildman–Crippen LogP) is 4.13. The van der Waals surface area contributed by atoms with Gasteiger partial charge in [-0.25, -0.2) is 0 Å². The van der Waals surface area contributed by atoms with Crippen molar-refractivity contribution in [1.82, 2.24) is 0 Å². The molecule has 1 spiro atoms. The molecular formula is C16H22O2. The van der Waals surface area contributed by atoms with Crippen molar-refractivity contribution in [2.75, 3.05) is 0 Å². The van der Waals surface area contributed by atoms with E-state index in [0.717, 1.165) is 12.8 Å². The van der Waals surface area contributed by atoms with Crippen LogP contribution in [-0.2, 0) is 9.47 Å². The molecule has 1 aromatic carbocycles. The summed E-state index contributed by atoms with van der Waals surface area (Å²) in [6.45, 7) is 4.29. The molecular weight excluding hydrogens is 224 g/mol. The number of ether oxygens (including phenoxy) is 2. The second-order valence-electron chi connectivity index (χ2n) is 5.69. The van der Waals surface area contributed by atoms with Gasteiger partial charge in [-0.3, -0.25) is 0 Å². The van der Waals surface area contributed by atoms with Crippen molar-refractivity contribution in [2.24, 2.45) is 0 Å². The van der Waals surface area contributed by atoms with Crippen molar-refractivity contribution >= 4 is 0 Å². The first-order valence-corrected chi connectivity index (χ1v) is 7.11. The van der Waals surface area contributed by atoms with Crippen molar-refractivity contribution < 1.29 is 9.47 Å². The minimum Gasteiger partial charge on any atom is -0.344 e. The fraction of sp³-hybridized carbons (Fsp3) is 0.625. The molecule has 1 saturated heterocycles. The molecule has 0 unspecified atom stereocenters. The topological polar surface area (TPSA) is 18.5 Å². The molecule has 18 heavy (non-hydrogen) atoms.